The Morgan fingerprint density at radius 1 is 0.733 bits per heavy atom. The second kappa shape index (κ2) is 14.1. The van der Waals surface area contributed by atoms with Gasteiger partial charge in [0.1, 0.15) is 0 Å². The second-order valence-corrected chi connectivity index (χ2v) is 11.7. The van der Waals surface area contributed by atoms with Crippen LogP contribution in [0.25, 0.3) is 22.0 Å². The third kappa shape index (κ3) is 7.12. The van der Waals surface area contributed by atoms with Gasteiger partial charge < -0.3 is 14.8 Å². The van der Waals surface area contributed by atoms with Gasteiger partial charge in [0.05, 0.1) is 25.4 Å². The van der Waals surface area contributed by atoms with Gasteiger partial charge in [0.25, 0.3) is 0 Å². The number of fused-ring (bicyclic) bond motifs is 1. The molecular formula is C38H33Cl2N3O2. The molecule has 7 heteroatoms. The Hall–Kier alpha value is -4.42. The van der Waals surface area contributed by atoms with Crippen LogP contribution >= 0.6 is 23.2 Å². The number of aromatic nitrogens is 2. The van der Waals surface area contributed by atoms with Crippen LogP contribution in [0.5, 0.6) is 11.5 Å². The SMILES string of the molecule is COc1ccc(CCNCc2cc(-c3cccc(Cl)c3)c3cc(C(c4ccc(Cl)cc4)c4cccnc4)ccc3n2)cc1OC. The highest BCUT2D eigenvalue weighted by atomic mass is 35.5. The lowest BCUT2D eigenvalue weighted by molar-refractivity contribution is 0.354. The van der Waals surface area contributed by atoms with E-state index in [1.54, 1.807) is 20.4 Å². The lowest BCUT2D eigenvalue weighted by atomic mass is 9.85. The zero-order chi connectivity index (χ0) is 31.2. The van der Waals surface area contributed by atoms with E-state index in [0.29, 0.717) is 16.6 Å². The molecule has 0 bridgehead atoms. The Bertz CT molecular complexity index is 1910. The number of methoxy groups -OCH3 is 2. The molecule has 6 rings (SSSR count). The molecule has 2 heterocycles. The number of benzene rings is 4. The summed E-state index contributed by atoms with van der Waals surface area (Å²) in [7, 11) is 3.30. The summed E-state index contributed by atoms with van der Waals surface area (Å²) in [6.45, 7) is 1.41. The number of nitrogens with one attached hydrogen (secondary N) is 1. The van der Waals surface area contributed by atoms with Gasteiger partial charge in [-0.15, -0.1) is 0 Å². The predicted octanol–water partition coefficient (Wildman–Crippen LogP) is 9.13. The van der Waals surface area contributed by atoms with Crippen molar-refractivity contribution in [1.29, 1.82) is 0 Å². The number of hydrogen-bond acceptors (Lipinski definition) is 5. The average Bonchev–Trinajstić information content (AvgIpc) is 3.07. The molecule has 0 spiro atoms. The topological polar surface area (TPSA) is 56.3 Å². The smallest absolute Gasteiger partial charge is 0.160 e. The van der Waals surface area contributed by atoms with Crippen molar-refractivity contribution < 1.29 is 9.47 Å². The summed E-state index contributed by atoms with van der Waals surface area (Å²) in [4.78, 5) is 9.50. The summed E-state index contributed by atoms with van der Waals surface area (Å²) in [5.41, 5.74) is 8.57. The minimum atomic E-state index is -0.0227. The molecule has 226 valence electrons. The first-order chi connectivity index (χ1) is 22.0. The van der Waals surface area contributed by atoms with Crippen molar-refractivity contribution in [3.63, 3.8) is 0 Å². The molecule has 1 N–H and O–H groups in total. The maximum Gasteiger partial charge on any atom is 0.160 e. The standard InChI is InChI=1S/C38H33Cl2N3O2/c1-44-36-15-8-25(19-37(36)45-2)16-18-42-24-32-22-33(27-5-3-7-31(40)20-27)34-21-28(11-14-35(34)43-32)38(29-6-4-17-41-23-29)26-9-12-30(39)13-10-26/h3-15,17,19-23,38,42H,16,18,24H2,1-2H3. The molecule has 0 aliphatic carbocycles. The number of pyridine rings is 2. The lowest BCUT2D eigenvalue weighted by Gasteiger charge is -2.20. The molecule has 0 fully saturated rings. The summed E-state index contributed by atoms with van der Waals surface area (Å²) >= 11 is 12.7. The van der Waals surface area contributed by atoms with Crippen molar-refractivity contribution in [1.82, 2.24) is 15.3 Å². The van der Waals surface area contributed by atoms with Gasteiger partial charge in [0.15, 0.2) is 11.5 Å². The van der Waals surface area contributed by atoms with Crippen molar-refractivity contribution >= 4 is 34.1 Å². The number of nitrogens with zero attached hydrogens (tertiary/aromatic N) is 2. The first-order valence-electron chi connectivity index (χ1n) is 14.8. The first kappa shape index (κ1) is 30.6. The van der Waals surface area contributed by atoms with Crippen molar-refractivity contribution in [2.75, 3.05) is 20.8 Å². The highest BCUT2D eigenvalue weighted by Crippen LogP contribution is 2.37. The Labute approximate surface area is 273 Å². The van der Waals surface area contributed by atoms with Gasteiger partial charge in [-0.05, 0) is 107 Å². The van der Waals surface area contributed by atoms with Gasteiger partial charge in [0, 0.05) is 40.3 Å². The minimum Gasteiger partial charge on any atom is -0.493 e. The fourth-order valence-corrected chi connectivity index (χ4v) is 6.04. The van der Waals surface area contributed by atoms with Gasteiger partial charge in [0.2, 0.25) is 0 Å². The van der Waals surface area contributed by atoms with Gasteiger partial charge in [-0.3, -0.25) is 9.97 Å². The van der Waals surface area contributed by atoms with Crippen LogP contribution < -0.4 is 14.8 Å². The monoisotopic (exact) mass is 633 g/mol. The number of hydrogen-bond donors (Lipinski definition) is 1. The van der Waals surface area contributed by atoms with Crippen molar-refractivity contribution in [2.24, 2.45) is 0 Å². The number of rotatable bonds is 11. The Morgan fingerprint density at radius 3 is 2.31 bits per heavy atom. The van der Waals surface area contributed by atoms with E-state index >= 15 is 0 Å². The molecule has 0 amide bonds. The molecule has 1 atom stereocenters. The molecule has 45 heavy (non-hydrogen) atoms. The zero-order valence-corrected chi connectivity index (χ0v) is 26.6. The third-order valence-corrected chi connectivity index (χ3v) is 8.41. The van der Waals surface area contributed by atoms with Crippen molar-refractivity contribution in [3.8, 4) is 22.6 Å². The van der Waals surface area contributed by atoms with E-state index in [4.69, 9.17) is 37.7 Å². The molecule has 1 unspecified atom stereocenters. The fraction of sp³-hybridized carbons (Fsp3) is 0.158. The predicted molar refractivity (Wildman–Crippen MR) is 184 cm³/mol. The highest BCUT2D eigenvalue weighted by molar-refractivity contribution is 6.31. The Kier molecular flexibility index (Phi) is 9.61. The van der Waals surface area contributed by atoms with E-state index < -0.39 is 0 Å². The summed E-state index contributed by atoms with van der Waals surface area (Å²) in [5.74, 6) is 1.44. The molecular weight excluding hydrogens is 601 g/mol. The Morgan fingerprint density at radius 2 is 1.56 bits per heavy atom. The first-order valence-corrected chi connectivity index (χ1v) is 15.5. The molecule has 0 saturated carbocycles. The van der Waals surface area contributed by atoms with Crippen LogP contribution in [0.1, 0.15) is 33.9 Å². The van der Waals surface area contributed by atoms with Crippen LogP contribution in [-0.4, -0.2) is 30.7 Å². The molecule has 6 aromatic rings. The zero-order valence-electron chi connectivity index (χ0n) is 25.1. The van der Waals surface area contributed by atoms with Gasteiger partial charge in [-0.25, -0.2) is 0 Å². The van der Waals surface area contributed by atoms with Gasteiger partial charge in [-0.2, -0.15) is 0 Å². The molecule has 0 radical (unpaired) electrons. The third-order valence-electron chi connectivity index (χ3n) is 7.92. The molecule has 0 saturated heterocycles. The summed E-state index contributed by atoms with van der Waals surface area (Å²) in [6.07, 6.45) is 4.57. The molecule has 2 aromatic heterocycles. The lowest BCUT2D eigenvalue weighted by Crippen LogP contribution is -2.17. The largest absolute Gasteiger partial charge is 0.493 e. The van der Waals surface area contributed by atoms with E-state index in [0.717, 1.165) is 68.9 Å². The number of halogens is 2. The normalized spacial score (nSPS) is 11.8. The summed E-state index contributed by atoms with van der Waals surface area (Å²) < 4.78 is 10.8. The quantitative estimate of drug-likeness (QED) is 0.144. The maximum atomic E-state index is 6.48. The average molecular weight is 635 g/mol. The summed E-state index contributed by atoms with van der Waals surface area (Å²) in [6, 6.07) is 34.8. The van der Waals surface area contributed by atoms with E-state index in [-0.39, 0.29) is 5.92 Å². The fourth-order valence-electron chi connectivity index (χ4n) is 5.73. The van der Waals surface area contributed by atoms with Crippen molar-refractivity contribution in [3.05, 3.63) is 154 Å². The van der Waals surface area contributed by atoms with E-state index in [9.17, 15) is 0 Å². The van der Waals surface area contributed by atoms with Crippen LogP contribution in [-0.2, 0) is 13.0 Å². The Balaban J connectivity index is 1.33. The van der Waals surface area contributed by atoms with E-state index in [1.165, 1.54) is 5.56 Å². The number of ether oxygens (including phenoxy) is 2. The van der Waals surface area contributed by atoms with Gasteiger partial charge >= 0.3 is 0 Å². The van der Waals surface area contributed by atoms with Crippen LogP contribution in [0.2, 0.25) is 10.0 Å². The van der Waals surface area contributed by atoms with E-state index in [2.05, 4.69) is 64.9 Å². The molecule has 0 aliphatic rings. The molecule has 5 nitrogen and oxygen atoms in total. The van der Waals surface area contributed by atoms with Gasteiger partial charge in [-0.1, -0.05) is 65.7 Å². The van der Waals surface area contributed by atoms with Crippen LogP contribution in [0.4, 0.5) is 0 Å². The minimum absolute atomic E-state index is 0.0227. The summed E-state index contributed by atoms with van der Waals surface area (Å²) in [5, 5.41) is 6.03. The second-order valence-electron chi connectivity index (χ2n) is 10.8. The van der Waals surface area contributed by atoms with E-state index in [1.807, 2.05) is 54.7 Å². The molecule has 4 aromatic carbocycles. The van der Waals surface area contributed by atoms with Crippen LogP contribution in [0.15, 0.2) is 116 Å². The molecule has 0 aliphatic heterocycles. The van der Waals surface area contributed by atoms with Crippen LogP contribution in [0.3, 0.4) is 0 Å². The van der Waals surface area contributed by atoms with Crippen LogP contribution in [0, 0.1) is 0 Å². The van der Waals surface area contributed by atoms with Crippen molar-refractivity contribution in [2.45, 2.75) is 18.9 Å². The maximum absolute atomic E-state index is 6.48. The highest BCUT2D eigenvalue weighted by Gasteiger charge is 2.19.